The first-order valence-corrected chi connectivity index (χ1v) is 20.3. The Labute approximate surface area is 348 Å². The number of alkyl carbamates (subject to hydrolysis) is 1. The van der Waals surface area contributed by atoms with Crippen molar-refractivity contribution in [1.82, 2.24) is 5.32 Å². The van der Waals surface area contributed by atoms with Crippen LogP contribution in [0.2, 0.25) is 0 Å². The number of benzene rings is 2. The quantitative estimate of drug-likeness (QED) is 0.0587. The summed E-state index contributed by atoms with van der Waals surface area (Å²) in [5.74, 6) is -0.386. The van der Waals surface area contributed by atoms with Crippen LogP contribution in [0.5, 0.6) is 0 Å². The van der Waals surface area contributed by atoms with Gasteiger partial charge in [0.25, 0.3) is 0 Å². The molecule has 0 unspecified atom stereocenters. The largest absolute Gasteiger partial charge is 0.460 e. The van der Waals surface area contributed by atoms with Gasteiger partial charge in [-0.3, -0.25) is 0 Å². The highest BCUT2D eigenvalue weighted by Gasteiger charge is 2.29. The molecule has 0 fully saturated rings. The maximum Gasteiger partial charge on any atom is 0.407 e. The van der Waals surface area contributed by atoms with E-state index in [4.69, 9.17) is 61.6 Å². The summed E-state index contributed by atoms with van der Waals surface area (Å²) in [6.45, 7) is 15.9. The van der Waals surface area contributed by atoms with Gasteiger partial charge in [-0.25, -0.2) is 9.59 Å². The Bertz CT molecular complexity index is 1350. The summed E-state index contributed by atoms with van der Waals surface area (Å²) < 4.78 is 70.6. The minimum absolute atomic E-state index is 0.0318. The molecule has 0 saturated carbocycles. The molecule has 0 heterocycles. The van der Waals surface area contributed by atoms with Crippen LogP contribution in [0.15, 0.2) is 60.7 Å². The van der Waals surface area contributed by atoms with Crippen molar-refractivity contribution in [3.8, 4) is 11.1 Å². The molecule has 332 valence electrons. The Balaban J connectivity index is 0.929. The van der Waals surface area contributed by atoms with Gasteiger partial charge in [-0.15, -0.1) is 0 Å². The highest BCUT2D eigenvalue weighted by molar-refractivity contribution is 5.86. The lowest BCUT2D eigenvalue weighted by Gasteiger charge is -2.14. The maximum atomic E-state index is 12.3. The van der Waals surface area contributed by atoms with Crippen molar-refractivity contribution in [3.05, 3.63) is 71.8 Å². The molecule has 0 radical (unpaired) electrons. The number of hydrogen-bond acceptors (Lipinski definition) is 15. The van der Waals surface area contributed by atoms with Crippen LogP contribution >= 0.6 is 0 Å². The first kappa shape index (κ1) is 49.8. The molecule has 59 heavy (non-hydrogen) atoms. The first-order chi connectivity index (χ1) is 29.1. The number of ether oxygens (including phenoxy) is 13. The van der Waals surface area contributed by atoms with E-state index in [1.165, 1.54) is 22.3 Å². The van der Waals surface area contributed by atoms with Gasteiger partial charge >= 0.3 is 12.1 Å². The fourth-order valence-electron chi connectivity index (χ4n) is 5.49. The molecule has 1 N–H and O–H groups in total. The van der Waals surface area contributed by atoms with E-state index in [0.717, 1.165) is 0 Å². The van der Waals surface area contributed by atoms with E-state index in [1.54, 1.807) is 6.92 Å². The Hall–Kier alpha value is -3.52. The summed E-state index contributed by atoms with van der Waals surface area (Å²) in [5, 5.41) is 2.74. The molecule has 0 atom stereocenters. The SMILES string of the molecule is C=C(C)C(=O)OCCOCCOCCOCCOCCOCCOCCOCCOCCOCCOCCOCCNC(=O)OCC1c2ccccc2-c2ccccc21. The molecule has 16 heteroatoms. The van der Waals surface area contributed by atoms with Crippen LogP contribution in [0.1, 0.15) is 24.0 Å². The summed E-state index contributed by atoms with van der Waals surface area (Å²) >= 11 is 0. The first-order valence-electron chi connectivity index (χ1n) is 20.3. The molecule has 2 aromatic rings. The highest BCUT2D eigenvalue weighted by Crippen LogP contribution is 2.44. The van der Waals surface area contributed by atoms with E-state index >= 15 is 0 Å². The van der Waals surface area contributed by atoms with E-state index < -0.39 is 12.1 Å². The molecule has 2 aromatic carbocycles. The number of carbonyl (C=O) groups is 2. The van der Waals surface area contributed by atoms with Gasteiger partial charge in [0, 0.05) is 18.0 Å². The predicted octanol–water partition coefficient (Wildman–Crippen LogP) is 3.83. The van der Waals surface area contributed by atoms with Crippen molar-refractivity contribution in [2.75, 3.05) is 165 Å². The van der Waals surface area contributed by atoms with Crippen molar-refractivity contribution in [3.63, 3.8) is 0 Å². The minimum Gasteiger partial charge on any atom is -0.460 e. The fraction of sp³-hybridized carbons (Fsp3) is 0.628. The lowest BCUT2D eigenvalue weighted by molar-refractivity contribution is -0.140. The average Bonchev–Trinajstić information content (AvgIpc) is 3.57. The van der Waals surface area contributed by atoms with Gasteiger partial charge in [-0.2, -0.15) is 0 Å². The third-order valence-electron chi connectivity index (χ3n) is 8.39. The van der Waals surface area contributed by atoms with Gasteiger partial charge in [0.2, 0.25) is 0 Å². The smallest absolute Gasteiger partial charge is 0.407 e. The Morgan fingerprint density at radius 2 is 0.763 bits per heavy atom. The molecule has 0 saturated heterocycles. The van der Waals surface area contributed by atoms with Crippen LogP contribution in [0.25, 0.3) is 11.1 Å². The second-order valence-corrected chi connectivity index (χ2v) is 12.9. The van der Waals surface area contributed by atoms with E-state index in [-0.39, 0.29) is 19.1 Å². The molecule has 3 rings (SSSR count). The van der Waals surface area contributed by atoms with Crippen LogP contribution in [-0.2, 0) is 66.4 Å². The third-order valence-corrected chi connectivity index (χ3v) is 8.39. The van der Waals surface area contributed by atoms with E-state index in [2.05, 4.69) is 36.2 Å². The zero-order chi connectivity index (χ0) is 41.9. The lowest BCUT2D eigenvalue weighted by atomic mass is 9.98. The zero-order valence-corrected chi connectivity index (χ0v) is 34.7. The summed E-state index contributed by atoms with van der Waals surface area (Å²) in [7, 11) is 0. The lowest BCUT2D eigenvalue weighted by Crippen LogP contribution is -2.29. The predicted molar refractivity (Wildman–Crippen MR) is 218 cm³/mol. The van der Waals surface area contributed by atoms with Gasteiger partial charge in [0.1, 0.15) is 13.2 Å². The molecule has 1 aliphatic rings. The second kappa shape index (κ2) is 34.2. The summed E-state index contributed by atoms with van der Waals surface area (Å²) in [4.78, 5) is 23.5. The van der Waals surface area contributed by atoms with Gasteiger partial charge < -0.3 is 66.9 Å². The van der Waals surface area contributed by atoms with Gasteiger partial charge in [0.05, 0.1) is 145 Å². The molecule has 0 spiro atoms. The number of rotatable bonds is 39. The minimum atomic E-state index is -0.457. The number of esters is 1. The number of hydrogen-bond donors (Lipinski definition) is 1. The van der Waals surface area contributed by atoms with E-state index in [9.17, 15) is 9.59 Å². The Morgan fingerprint density at radius 3 is 1.10 bits per heavy atom. The number of nitrogens with one attached hydrogen (secondary N) is 1. The summed E-state index contributed by atoms with van der Waals surface area (Å²) in [5.41, 5.74) is 5.12. The molecular formula is C43H65NO15. The van der Waals surface area contributed by atoms with Crippen LogP contribution in [-0.4, -0.2) is 177 Å². The molecular weight excluding hydrogens is 770 g/mol. The summed E-state index contributed by atoms with van der Waals surface area (Å²) in [6, 6.07) is 16.5. The normalized spacial score (nSPS) is 12.0. The second-order valence-electron chi connectivity index (χ2n) is 12.9. The van der Waals surface area contributed by atoms with Gasteiger partial charge in [-0.1, -0.05) is 55.1 Å². The Kier molecular flexibility index (Phi) is 28.9. The van der Waals surface area contributed by atoms with Crippen molar-refractivity contribution >= 4 is 12.1 Å². The van der Waals surface area contributed by atoms with Crippen molar-refractivity contribution in [2.24, 2.45) is 0 Å². The zero-order valence-electron chi connectivity index (χ0n) is 34.7. The molecule has 1 amide bonds. The summed E-state index contributed by atoms with van der Waals surface area (Å²) in [6.07, 6.45) is -0.457. The van der Waals surface area contributed by atoms with Gasteiger partial charge in [0.15, 0.2) is 0 Å². The third kappa shape index (κ3) is 23.8. The molecule has 0 aromatic heterocycles. The van der Waals surface area contributed by atoms with Crippen molar-refractivity contribution in [2.45, 2.75) is 12.8 Å². The van der Waals surface area contributed by atoms with Crippen molar-refractivity contribution in [1.29, 1.82) is 0 Å². The van der Waals surface area contributed by atoms with E-state index in [0.29, 0.717) is 157 Å². The molecule has 16 nitrogen and oxygen atoms in total. The highest BCUT2D eigenvalue weighted by atomic mass is 16.6. The van der Waals surface area contributed by atoms with Crippen LogP contribution in [0, 0.1) is 0 Å². The standard InChI is InChI=1S/C43H65NO15/c1-36(2)42(45)58-34-33-57-32-31-56-30-29-55-28-27-54-26-25-53-24-23-52-22-21-51-20-19-50-18-17-49-16-15-48-14-13-47-12-11-44-43(46)59-35-41-39-9-5-3-7-37(39)38-8-4-6-10-40(38)41/h3-10,41H,1,11-35H2,2H3,(H,44,46). The topological polar surface area (TPSA) is 166 Å². The van der Waals surface area contributed by atoms with Gasteiger partial charge in [-0.05, 0) is 29.2 Å². The van der Waals surface area contributed by atoms with Crippen LogP contribution in [0.4, 0.5) is 4.79 Å². The van der Waals surface area contributed by atoms with Crippen LogP contribution in [0.3, 0.4) is 0 Å². The van der Waals surface area contributed by atoms with Crippen molar-refractivity contribution < 1.29 is 71.2 Å². The number of amides is 1. The monoisotopic (exact) mass is 835 g/mol. The number of fused-ring (bicyclic) bond motifs is 3. The average molecular weight is 836 g/mol. The molecule has 0 bridgehead atoms. The van der Waals surface area contributed by atoms with E-state index in [1.807, 2.05) is 24.3 Å². The maximum absolute atomic E-state index is 12.3. The molecule has 0 aliphatic heterocycles. The Morgan fingerprint density at radius 1 is 0.458 bits per heavy atom. The van der Waals surface area contributed by atoms with Crippen LogP contribution < -0.4 is 5.32 Å². The number of carbonyl (C=O) groups excluding carboxylic acids is 2. The fourth-order valence-corrected chi connectivity index (χ4v) is 5.49. The molecule has 1 aliphatic carbocycles.